The van der Waals surface area contributed by atoms with E-state index >= 15 is 0 Å². The van der Waals surface area contributed by atoms with Crippen LogP contribution in [-0.4, -0.2) is 16.6 Å². The topological polar surface area (TPSA) is 81.8 Å². The number of nitro groups is 1. The number of oxime groups is 1. The SMILES string of the molecule is CC(=O)O/N=C(\c1ccccc1)c1ccc(-c2ccccc2[N+](=O)[O-])cc1. The number of carbonyl (C=O) groups excluding carboxylic acids is 1. The van der Waals surface area contributed by atoms with E-state index < -0.39 is 10.9 Å². The Bertz CT molecular complexity index is 996. The quantitative estimate of drug-likeness (QED) is 0.289. The highest BCUT2D eigenvalue weighted by Crippen LogP contribution is 2.29. The third kappa shape index (κ3) is 4.24. The van der Waals surface area contributed by atoms with Crippen molar-refractivity contribution in [2.75, 3.05) is 0 Å². The highest BCUT2D eigenvalue weighted by Gasteiger charge is 2.15. The van der Waals surface area contributed by atoms with Gasteiger partial charge in [-0.2, -0.15) is 0 Å². The average Bonchev–Trinajstić information content (AvgIpc) is 2.69. The molecule has 0 saturated heterocycles. The van der Waals surface area contributed by atoms with E-state index in [-0.39, 0.29) is 5.69 Å². The normalized spacial score (nSPS) is 11.1. The smallest absolute Gasteiger partial charge is 0.318 e. The van der Waals surface area contributed by atoms with Crippen molar-refractivity contribution >= 4 is 17.4 Å². The average molecular weight is 360 g/mol. The molecule has 0 spiro atoms. The third-order valence-corrected chi connectivity index (χ3v) is 3.88. The summed E-state index contributed by atoms with van der Waals surface area (Å²) in [4.78, 5) is 26.8. The first-order valence-corrected chi connectivity index (χ1v) is 8.21. The summed E-state index contributed by atoms with van der Waals surface area (Å²) in [5.74, 6) is -0.514. The maximum atomic E-state index is 11.2. The van der Waals surface area contributed by atoms with Crippen molar-refractivity contribution in [2.24, 2.45) is 5.16 Å². The summed E-state index contributed by atoms with van der Waals surface area (Å²) < 4.78 is 0. The van der Waals surface area contributed by atoms with E-state index in [0.29, 0.717) is 16.8 Å². The molecule has 0 fully saturated rings. The Morgan fingerprint density at radius 1 is 0.889 bits per heavy atom. The first-order valence-electron chi connectivity index (χ1n) is 8.21. The van der Waals surface area contributed by atoms with Crippen LogP contribution in [0.2, 0.25) is 0 Å². The second kappa shape index (κ2) is 8.05. The lowest BCUT2D eigenvalue weighted by Gasteiger charge is -2.08. The molecule has 0 radical (unpaired) electrons. The van der Waals surface area contributed by atoms with E-state index in [1.54, 1.807) is 42.5 Å². The van der Waals surface area contributed by atoms with E-state index in [1.165, 1.54) is 13.0 Å². The molecule has 6 heteroatoms. The highest BCUT2D eigenvalue weighted by atomic mass is 16.7. The monoisotopic (exact) mass is 360 g/mol. The molecule has 6 nitrogen and oxygen atoms in total. The minimum Gasteiger partial charge on any atom is -0.318 e. The second-order valence-corrected chi connectivity index (χ2v) is 5.74. The van der Waals surface area contributed by atoms with Crippen molar-refractivity contribution in [2.45, 2.75) is 6.92 Å². The molecular weight excluding hydrogens is 344 g/mol. The fourth-order valence-corrected chi connectivity index (χ4v) is 2.66. The van der Waals surface area contributed by atoms with Gasteiger partial charge < -0.3 is 4.84 Å². The van der Waals surface area contributed by atoms with Gasteiger partial charge in [0.05, 0.1) is 10.5 Å². The van der Waals surface area contributed by atoms with Crippen LogP contribution in [-0.2, 0) is 9.63 Å². The number of rotatable bonds is 5. The zero-order valence-electron chi connectivity index (χ0n) is 14.5. The van der Waals surface area contributed by atoms with Crippen LogP contribution < -0.4 is 0 Å². The van der Waals surface area contributed by atoms with Gasteiger partial charge in [-0.05, 0) is 11.6 Å². The second-order valence-electron chi connectivity index (χ2n) is 5.74. The first-order chi connectivity index (χ1) is 13.1. The summed E-state index contributed by atoms with van der Waals surface area (Å²) in [5, 5.41) is 15.2. The molecule has 0 aliphatic carbocycles. The number of hydrogen-bond donors (Lipinski definition) is 0. The van der Waals surface area contributed by atoms with Crippen LogP contribution in [0.1, 0.15) is 18.1 Å². The Balaban J connectivity index is 2.01. The van der Waals surface area contributed by atoms with Crippen LogP contribution in [0.4, 0.5) is 5.69 Å². The van der Waals surface area contributed by atoms with Gasteiger partial charge in [-0.15, -0.1) is 0 Å². The van der Waals surface area contributed by atoms with Crippen molar-refractivity contribution < 1.29 is 14.6 Å². The summed E-state index contributed by atoms with van der Waals surface area (Å²) in [6.07, 6.45) is 0. The summed E-state index contributed by atoms with van der Waals surface area (Å²) in [7, 11) is 0. The Labute approximate surface area is 155 Å². The van der Waals surface area contributed by atoms with Gasteiger partial charge in [0.1, 0.15) is 5.71 Å². The van der Waals surface area contributed by atoms with E-state index in [0.717, 1.165) is 11.1 Å². The Kier molecular flexibility index (Phi) is 5.37. The minimum atomic E-state index is -0.514. The maximum absolute atomic E-state index is 11.2. The van der Waals surface area contributed by atoms with Gasteiger partial charge in [0.2, 0.25) is 0 Å². The standard InChI is InChI=1S/C21H16N2O4/c1-15(24)27-22-21(17-7-3-2-4-8-17)18-13-11-16(12-14-18)19-9-5-6-10-20(19)23(25)26/h2-14H,1H3/b22-21+. The molecule has 134 valence electrons. The number of hydrogen-bond acceptors (Lipinski definition) is 5. The van der Waals surface area contributed by atoms with Gasteiger partial charge in [0.15, 0.2) is 0 Å². The minimum absolute atomic E-state index is 0.0436. The van der Waals surface area contributed by atoms with Crippen LogP contribution >= 0.6 is 0 Å². The van der Waals surface area contributed by atoms with E-state index in [2.05, 4.69) is 5.16 Å². The molecule has 0 atom stereocenters. The summed E-state index contributed by atoms with van der Waals surface area (Å²) >= 11 is 0. The van der Waals surface area contributed by atoms with Crippen molar-refractivity contribution in [3.8, 4) is 11.1 Å². The lowest BCUT2D eigenvalue weighted by molar-refractivity contribution is -0.384. The van der Waals surface area contributed by atoms with Crippen LogP contribution in [0, 0.1) is 10.1 Å². The van der Waals surface area contributed by atoms with Gasteiger partial charge in [-0.1, -0.05) is 71.9 Å². The molecule has 0 amide bonds. The fourth-order valence-electron chi connectivity index (χ4n) is 2.66. The Morgan fingerprint density at radius 2 is 1.48 bits per heavy atom. The van der Waals surface area contributed by atoms with Gasteiger partial charge >= 0.3 is 5.97 Å². The molecule has 0 aromatic heterocycles. The molecule has 3 aromatic rings. The van der Waals surface area contributed by atoms with Crippen LogP contribution in [0.3, 0.4) is 0 Å². The number of para-hydroxylation sites is 1. The zero-order valence-corrected chi connectivity index (χ0v) is 14.5. The predicted octanol–water partition coefficient (Wildman–Crippen LogP) is 4.58. The van der Waals surface area contributed by atoms with E-state index in [4.69, 9.17) is 4.84 Å². The van der Waals surface area contributed by atoms with Crippen molar-refractivity contribution in [3.05, 3.63) is 100 Å². The molecule has 0 N–H and O–H groups in total. The lowest BCUT2D eigenvalue weighted by atomic mass is 9.98. The molecular formula is C21H16N2O4. The molecule has 0 bridgehead atoms. The van der Waals surface area contributed by atoms with Crippen LogP contribution in [0.5, 0.6) is 0 Å². The van der Waals surface area contributed by atoms with Gasteiger partial charge in [0.25, 0.3) is 5.69 Å². The van der Waals surface area contributed by atoms with Crippen molar-refractivity contribution in [1.29, 1.82) is 0 Å². The Morgan fingerprint density at radius 3 is 2.11 bits per heavy atom. The van der Waals surface area contributed by atoms with Gasteiger partial charge in [0, 0.05) is 24.1 Å². The van der Waals surface area contributed by atoms with Crippen LogP contribution in [0.15, 0.2) is 84.0 Å². The number of benzene rings is 3. The first kappa shape index (κ1) is 18.0. The summed E-state index contributed by atoms with van der Waals surface area (Å²) in [5.41, 5.74) is 3.31. The van der Waals surface area contributed by atoms with E-state index in [9.17, 15) is 14.9 Å². The molecule has 0 saturated carbocycles. The largest absolute Gasteiger partial charge is 0.332 e. The molecule has 27 heavy (non-hydrogen) atoms. The van der Waals surface area contributed by atoms with Gasteiger partial charge in [-0.3, -0.25) is 10.1 Å². The molecule has 0 aliphatic rings. The molecule has 3 rings (SSSR count). The van der Waals surface area contributed by atoms with Crippen molar-refractivity contribution in [1.82, 2.24) is 0 Å². The number of carbonyl (C=O) groups is 1. The number of nitrogens with zero attached hydrogens (tertiary/aromatic N) is 2. The van der Waals surface area contributed by atoms with Crippen LogP contribution in [0.25, 0.3) is 11.1 Å². The number of nitro benzene ring substituents is 1. The van der Waals surface area contributed by atoms with Gasteiger partial charge in [-0.25, -0.2) is 4.79 Å². The highest BCUT2D eigenvalue weighted by molar-refractivity contribution is 6.12. The molecule has 3 aromatic carbocycles. The summed E-state index contributed by atoms with van der Waals surface area (Å²) in [6, 6.07) is 23.0. The summed E-state index contributed by atoms with van der Waals surface area (Å²) in [6.45, 7) is 1.28. The van der Waals surface area contributed by atoms with E-state index in [1.807, 2.05) is 30.3 Å². The predicted molar refractivity (Wildman–Crippen MR) is 102 cm³/mol. The van der Waals surface area contributed by atoms with Crippen molar-refractivity contribution in [3.63, 3.8) is 0 Å². The molecule has 0 aliphatic heterocycles. The zero-order chi connectivity index (χ0) is 19.2. The molecule has 0 unspecified atom stereocenters. The third-order valence-electron chi connectivity index (χ3n) is 3.88. The fraction of sp³-hybridized carbons (Fsp3) is 0.0476. The maximum Gasteiger partial charge on any atom is 0.332 e. The lowest BCUT2D eigenvalue weighted by Crippen LogP contribution is -2.06. The Hall–Kier alpha value is -3.80. The molecule has 0 heterocycles.